The summed E-state index contributed by atoms with van der Waals surface area (Å²) in [7, 11) is 0. The summed E-state index contributed by atoms with van der Waals surface area (Å²) in [4.78, 5) is 0. The van der Waals surface area contributed by atoms with Crippen LogP contribution in [0.15, 0.2) is 0 Å². The maximum Gasteiger partial charge on any atom is -0.00773 e. The van der Waals surface area contributed by atoms with Crippen LogP contribution in [-0.4, -0.2) is 13.1 Å². The molecule has 0 aliphatic heterocycles. The van der Waals surface area contributed by atoms with Crippen molar-refractivity contribution >= 4 is 0 Å². The van der Waals surface area contributed by atoms with Crippen LogP contribution >= 0.6 is 0 Å². The van der Waals surface area contributed by atoms with Crippen molar-refractivity contribution in [2.45, 2.75) is 78.1 Å². The molecular formula is C14H34N2. The lowest BCUT2D eigenvalue weighted by atomic mass is 10.2. The molecule has 0 rings (SSSR count). The Labute approximate surface area is 103 Å². The van der Waals surface area contributed by atoms with E-state index in [2.05, 4.69) is 13.8 Å². The Morgan fingerprint density at radius 2 is 0.812 bits per heavy atom. The van der Waals surface area contributed by atoms with E-state index in [1.165, 1.54) is 64.2 Å². The van der Waals surface area contributed by atoms with Gasteiger partial charge >= 0.3 is 0 Å². The van der Waals surface area contributed by atoms with Crippen LogP contribution in [0.5, 0.6) is 0 Å². The van der Waals surface area contributed by atoms with E-state index >= 15 is 0 Å². The molecule has 0 saturated heterocycles. The minimum atomic E-state index is 0.865. The Balaban J connectivity index is 0. The third-order valence-corrected chi connectivity index (χ3v) is 2.62. The maximum atomic E-state index is 5.31. The highest BCUT2D eigenvalue weighted by molar-refractivity contribution is 4.42. The molecule has 0 spiro atoms. The van der Waals surface area contributed by atoms with Crippen LogP contribution in [0.4, 0.5) is 0 Å². The summed E-state index contributed by atoms with van der Waals surface area (Å²) in [5.41, 5.74) is 10.6. The van der Waals surface area contributed by atoms with E-state index in [4.69, 9.17) is 11.5 Å². The van der Waals surface area contributed by atoms with Gasteiger partial charge in [0, 0.05) is 0 Å². The van der Waals surface area contributed by atoms with Gasteiger partial charge in [0.2, 0.25) is 0 Å². The summed E-state index contributed by atoms with van der Waals surface area (Å²) in [6, 6.07) is 0. The summed E-state index contributed by atoms with van der Waals surface area (Å²) in [6.07, 6.45) is 13.2. The molecule has 0 bridgehead atoms. The number of nitrogens with two attached hydrogens (primary N) is 2. The topological polar surface area (TPSA) is 52.0 Å². The van der Waals surface area contributed by atoms with Gasteiger partial charge in [-0.1, -0.05) is 65.2 Å². The second-order valence-corrected chi connectivity index (χ2v) is 4.41. The Bertz CT molecular complexity index is 70.7. The van der Waals surface area contributed by atoms with E-state index in [0.717, 1.165) is 13.1 Å². The van der Waals surface area contributed by atoms with Gasteiger partial charge in [-0.2, -0.15) is 0 Å². The van der Waals surface area contributed by atoms with Gasteiger partial charge in [-0.15, -0.1) is 0 Å². The minimum Gasteiger partial charge on any atom is -0.330 e. The average Bonchev–Trinajstić information content (AvgIpc) is 2.31. The van der Waals surface area contributed by atoms with Crippen LogP contribution in [0.2, 0.25) is 0 Å². The van der Waals surface area contributed by atoms with E-state index in [0.29, 0.717) is 0 Å². The molecule has 0 aromatic rings. The molecule has 2 nitrogen and oxygen atoms in total. The Morgan fingerprint density at radius 1 is 0.500 bits per heavy atom. The van der Waals surface area contributed by atoms with Crippen molar-refractivity contribution in [3.8, 4) is 0 Å². The normalized spacial score (nSPS) is 9.75. The van der Waals surface area contributed by atoms with Crippen LogP contribution < -0.4 is 11.5 Å². The first kappa shape index (κ1) is 18.3. The van der Waals surface area contributed by atoms with Crippen molar-refractivity contribution in [2.24, 2.45) is 11.5 Å². The lowest BCUT2D eigenvalue weighted by molar-refractivity contribution is 0.638. The molecule has 4 N–H and O–H groups in total. The highest BCUT2D eigenvalue weighted by atomic mass is 14.5. The fraction of sp³-hybridized carbons (Fsp3) is 1.00. The molecule has 0 aromatic heterocycles. The molecule has 0 aliphatic rings. The van der Waals surface area contributed by atoms with Gasteiger partial charge in [-0.3, -0.25) is 0 Å². The third-order valence-electron chi connectivity index (χ3n) is 2.62. The predicted molar refractivity (Wildman–Crippen MR) is 75.6 cm³/mol. The van der Waals surface area contributed by atoms with Gasteiger partial charge in [-0.25, -0.2) is 0 Å². The number of hydrogen-bond acceptors (Lipinski definition) is 2. The molecule has 16 heavy (non-hydrogen) atoms. The van der Waals surface area contributed by atoms with Crippen molar-refractivity contribution in [3.63, 3.8) is 0 Å². The summed E-state index contributed by atoms with van der Waals surface area (Å²) >= 11 is 0. The first-order valence-corrected chi connectivity index (χ1v) is 7.23. The predicted octanol–water partition coefficient (Wildman–Crippen LogP) is 3.83. The number of hydrogen-bond donors (Lipinski definition) is 2. The molecule has 0 amide bonds. The van der Waals surface area contributed by atoms with Gasteiger partial charge in [0.05, 0.1) is 0 Å². The Kier molecular flexibility index (Phi) is 23.3. The quantitative estimate of drug-likeness (QED) is 0.560. The zero-order valence-corrected chi connectivity index (χ0v) is 11.6. The largest absolute Gasteiger partial charge is 0.330 e. The van der Waals surface area contributed by atoms with E-state index in [1.807, 2.05) is 0 Å². The second-order valence-electron chi connectivity index (χ2n) is 4.41. The Hall–Kier alpha value is -0.0800. The number of unbranched alkanes of at least 4 members (excludes halogenated alkanes) is 8. The lowest BCUT2D eigenvalue weighted by Crippen LogP contribution is -1.97. The highest BCUT2D eigenvalue weighted by Gasteiger charge is 1.84. The Morgan fingerprint density at radius 3 is 1.06 bits per heavy atom. The summed E-state index contributed by atoms with van der Waals surface area (Å²) in [5.74, 6) is 0. The third kappa shape index (κ3) is 23.6. The van der Waals surface area contributed by atoms with Gasteiger partial charge < -0.3 is 11.5 Å². The van der Waals surface area contributed by atoms with Crippen molar-refractivity contribution in [2.75, 3.05) is 13.1 Å². The molecular weight excluding hydrogens is 196 g/mol. The average molecular weight is 230 g/mol. The highest BCUT2D eigenvalue weighted by Crippen LogP contribution is 2.00. The zero-order chi connectivity index (χ0) is 12.5. The first-order chi connectivity index (χ1) is 7.83. The first-order valence-electron chi connectivity index (χ1n) is 7.23. The molecule has 0 radical (unpaired) electrons. The molecule has 0 unspecified atom stereocenters. The SMILES string of the molecule is CCCCCCCN.CCCCCCCN. The van der Waals surface area contributed by atoms with Crippen LogP contribution in [0.25, 0.3) is 0 Å². The van der Waals surface area contributed by atoms with Crippen LogP contribution in [0, 0.1) is 0 Å². The summed E-state index contributed by atoms with van der Waals surface area (Å²) in [6.45, 7) is 6.18. The summed E-state index contributed by atoms with van der Waals surface area (Å²) in [5, 5.41) is 0. The molecule has 100 valence electrons. The molecule has 0 fully saturated rings. The molecule has 0 atom stereocenters. The monoisotopic (exact) mass is 230 g/mol. The van der Waals surface area contributed by atoms with E-state index in [1.54, 1.807) is 0 Å². The fourth-order valence-corrected chi connectivity index (χ4v) is 1.50. The van der Waals surface area contributed by atoms with E-state index in [9.17, 15) is 0 Å². The maximum absolute atomic E-state index is 5.31. The van der Waals surface area contributed by atoms with Crippen LogP contribution in [0.3, 0.4) is 0 Å². The van der Waals surface area contributed by atoms with Crippen molar-refractivity contribution in [3.05, 3.63) is 0 Å². The van der Waals surface area contributed by atoms with Gasteiger partial charge in [0.25, 0.3) is 0 Å². The fourth-order valence-electron chi connectivity index (χ4n) is 1.50. The molecule has 0 aliphatic carbocycles. The number of rotatable bonds is 10. The van der Waals surface area contributed by atoms with Gasteiger partial charge in [0.1, 0.15) is 0 Å². The van der Waals surface area contributed by atoms with E-state index < -0.39 is 0 Å². The molecule has 2 heteroatoms. The second kappa shape index (κ2) is 20.3. The van der Waals surface area contributed by atoms with E-state index in [-0.39, 0.29) is 0 Å². The molecule has 0 heterocycles. The van der Waals surface area contributed by atoms with Crippen molar-refractivity contribution in [1.82, 2.24) is 0 Å². The van der Waals surface area contributed by atoms with Crippen molar-refractivity contribution < 1.29 is 0 Å². The lowest BCUT2D eigenvalue weighted by Gasteiger charge is -1.93. The zero-order valence-electron chi connectivity index (χ0n) is 11.6. The van der Waals surface area contributed by atoms with Crippen LogP contribution in [-0.2, 0) is 0 Å². The van der Waals surface area contributed by atoms with Gasteiger partial charge in [0.15, 0.2) is 0 Å². The van der Waals surface area contributed by atoms with Crippen LogP contribution in [0.1, 0.15) is 78.1 Å². The van der Waals surface area contributed by atoms with Gasteiger partial charge in [-0.05, 0) is 25.9 Å². The summed E-state index contributed by atoms with van der Waals surface area (Å²) < 4.78 is 0. The molecule has 0 saturated carbocycles. The minimum absolute atomic E-state index is 0.865. The van der Waals surface area contributed by atoms with Crippen molar-refractivity contribution in [1.29, 1.82) is 0 Å². The smallest absolute Gasteiger partial charge is 0.00773 e. The molecule has 0 aromatic carbocycles. The standard InChI is InChI=1S/2C7H17N/c2*1-2-3-4-5-6-7-8/h2*2-8H2,1H3.